The summed E-state index contributed by atoms with van der Waals surface area (Å²) in [6.07, 6.45) is 12.9. The molecule has 0 unspecified atom stereocenters. The van der Waals surface area contributed by atoms with E-state index in [4.69, 9.17) is 4.74 Å². The fourth-order valence-corrected chi connectivity index (χ4v) is 21.6. The highest BCUT2D eigenvalue weighted by atomic mass is 32.2. The number of rotatable bonds is 29. The third-order valence-corrected chi connectivity index (χ3v) is 31.7. The van der Waals surface area contributed by atoms with Crippen LogP contribution < -0.4 is 42.5 Å². The van der Waals surface area contributed by atoms with E-state index in [1.807, 2.05) is 84.6 Å². The molecule has 8 aromatic heterocycles. The van der Waals surface area contributed by atoms with E-state index in [1.165, 1.54) is 25.2 Å². The molecular formula is C97H136F2N20O15S5. The standard InChI is InChI=1S/C25H35F2N5O3S.C25H37N5O4S.C24H33N5O4S.C23H31N5O4S2/c1-8-14(3)29-18-9-13(2)17(11-28-18)20-19(23(34)32-12-25(26,27)10-15(32)4)31-22(36-20)21(33)30-16(5)24(6,7)35;1-14-11-18(29-24(3,4)5)26-12-16(14)20-19(23(33)30-10-8-9-15(30)2)28-22(35-20)21(32)27-13-17(31)25(6,7)34;1-5-14(3)26-19-9-13(2)16(10-25-19)21-20(24(32)29-8-6-7-15(29)4)28-23(34-21)22(31)27-17-11-33-12-18(17)30;1-5-14(3)25-18-9-13(2)17(10-24-18)20-19(23(30)28-8-6-7-15(28)4)27-22(33-20)21(29)26-16-11-34(31,32)12-16/h9,11,14-16,35H,8,10,12H2,1-7H3,(H,28,29)(H,30,33);11-12,15,17,31,34H,8-10,13H2,1-7H3,(H,26,29)(H,27,32);9-10,14-15,17-18,30H,5-8,11-12H2,1-4H3,(H,25,26)(H,27,31);9-10,14-16H,5-8,11-12H2,1-4H3,(H,24,25)(H,26,29)/t14-,15+,16-;15-,17-;14-,15+,17+,18+;14-,15+/m1011/s1. The van der Waals surface area contributed by atoms with Crippen molar-refractivity contribution < 1.29 is 80.7 Å². The van der Waals surface area contributed by atoms with Gasteiger partial charge in [0.15, 0.2) is 29.9 Å². The topological polar surface area (TPSA) is 473 Å². The maximum atomic E-state index is 14.1. The summed E-state index contributed by atoms with van der Waals surface area (Å²) >= 11 is 4.45. The average Bonchev–Trinajstić information content (AvgIpc) is 1.65. The molecule has 0 bridgehead atoms. The van der Waals surface area contributed by atoms with Crippen molar-refractivity contribution in [3.63, 3.8) is 0 Å². The van der Waals surface area contributed by atoms with Crippen LogP contribution in [-0.2, 0) is 14.6 Å². The van der Waals surface area contributed by atoms with Crippen LogP contribution in [-0.4, -0.2) is 288 Å². The normalized spacial score (nSPS) is 20.1. The van der Waals surface area contributed by atoms with E-state index in [0.29, 0.717) is 56.6 Å². The van der Waals surface area contributed by atoms with Crippen molar-refractivity contribution in [1.82, 2.24) is 80.7 Å². The molecule has 6 aliphatic rings. The van der Waals surface area contributed by atoms with Gasteiger partial charge < -0.3 is 87.3 Å². The fraction of sp³-hybridized carbons (Fsp3) is 0.588. The molecule has 8 aromatic rings. The van der Waals surface area contributed by atoms with Crippen LogP contribution in [0.25, 0.3) is 41.8 Å². The second-order valence-electron chi connectivity index (χ2n) is 39.5. The number of anilines is 4. The maximum absolute atomic E-state index is 14.1. The minimum atomic E-state index is -3.06. The summed E-state index contributed by atoms with van der Waals surface area (Å²) in [4.78, 5) is 150. The van der Waals surface area contributed by atoms with Gasteiger partial charge in [0.25, 0.3) is 53.2 Å². The molecular weight excluding hydrogens is 1880 g/mol. The lowest BCUT2D eigenvalue weighted by Gasteiger charge is -2.26. The predicted octanol–water partition coefficient (Wildman–Crippen LogP) is 13.4. The molecule has 12 N–H and O–H groups in total. The van der Waals surface area contributed by atoms with Crippen LogP contribution in [0.3, 0.4) is 0 Å². The van der Waals surface area contributed by atoms with Crippen molar-refractivity contribution >= 4 is 126 Å². The molecule has 8 amide bonds. The van der Waals surface area contributed by atoms with Gasteiger partial charge in [-0.15, -0.1) is 45.3 Å². The molecule has 0 spiro atoms. The lowest BCUT2D eigenvalue weighted by Crippen LogP contribution is -2.52. The zero-order valence-electron chi connectivity index (χ0n) is 83.4. The molecule has 42 heteroatoms. The highest BCUT2D eigenvalue weighted by molar-refractivity contribution is 7.92. The second kappa shape index (κ2) is 45.7. The molecule has 35 nitrogen and oxygen atoms in total. The van der Waals surface area contributed by atoms with Crippen LogP contribution in [0.5, 0.6) is 0 Å². The van der Waals surface area contributed by atoms with E-state index < -0.39 is 106 Å². The number of halogens is 2. The van der Waals surface area contributed by atoms with Gasteiger partial charge in [-0.2, -0.15) is 0 Å². The van der Waals surface area contributed by atoms with E-state index in [1.54, 1.807) is 62.3 Å². The highest BCUT2D eigenvalue weighted by Gasteiger charge is 2.47. The number of aromatic nitrogens is 8. The number of carbonyl (C=O) groups excluding carboxylic acids is 8. The number of pyridine rings is 4. The Morgan fingerprint density at radius 2 is 0.849 bits per heavy atom. The molecule has 6 fully saturated rings. The number of hydrogen-bond donors (Lipinski definition) is 12. The quantitative estimate of drug-likeness (QED) is 0.0207. The van der Waals surface area contributed by atoms with Gasteiger partial charge in [0.05, 0.1) is 92.3 Å². The van der Waals surface area contributed by atoms with Crippen molar-refractivity contribution in [2.75, 3.05) is 78.7 Å². The van der Waals surface area contributed by atoms with Crippen LogP contribution in [0.1, 0.15) is 292 Å². The number of sulfone groups is 1. The van der Waals surface area contributed by atoms with Gasteiger partial charge >= 0.3 is 0 Å². The van der Waals surface area contributed by atoms with E-state index in [9.17, 15) is 76.0 Å². The van der Waals surface area contributed by atoms with Crippen molar-refractivity contribution in [3.05, 3.63) is 114 Å². The lowest BCUT2D eigenvalue weighted by molar-refractivity contribution is -0.0453. The summed E-state index contributed by atoms with van der Waals surface area (Å²) in [6, 6.07) is 6.62. The Kier molecular flexibility index (Phi) is 35.9. The van der Waals surface area contributed by atoms with Crippen LogP contribution in [0.2, 0.25) is 0 Å². The van der Waals surface area contributed by atoms with Crippen molar-refractivity contribution in [3.8, 4) is 41.8 Å². The Bertz CT molecular complexity index is 5880. The van der Waals surface area contributed by atoms with Crippen molar-refractivity contribution in [2.45, 2.75) is 312 Å². The third kappa shape index (κ3) is 27.7. The summed E-state index contributed by atoms with van der Waals surface area (Å²) in [6.45, 7) is 43.3. The highest BCUT2D eigenvalue weighted by Crippen LogP contribution is 2.43. The summed E-state index contributed by atoms with van der Waals surface area (Å²) < 4.78 is 56.2. The summed E-state index contributed by atoms with van der Waals surface area (Å²) in [5.74, 6) is -3.35. The second-order valence-corrected chi connectivity index (χ2v) is 45.7. The average molecular weight is 2020 g/mol. The molecule has 0 aromatic carbocycles. The molecule has 11 atom stereocenters. The van der Waals surface area contributed by atoms with Crippen LogP contribution in [0, 0.1) is 27.7 Å². The Morgan fingerprint density at radius 3 is 1.15 bits per heavy atom. The number of alkyl halides is 2. The number of likely N-dealkylation sites (tertiary alicyclic amines) is 4. The van der Waals surface area contributed by atoms with Gasteiger partial charge in [-0.1, -0.05) is 20.8 Å². The molecule has 14 rings (SSSR count). The van der Waals surface area contributed by atoms with Gasteiger partial charge in [0.1, 0.15) is 46.0 Å². The van der Waals surface area contributed by atoms with E-state index >= 15 is 0 Å². The van der Waals surface area contributed by atoms with Gasteiger partial charge in [-0.05, 0) is 236 Å². The van der Waals surface area contributed by atoms with Crippen molar-refractivity contribution in [1.29, 1.82) is 0 Å². The number of hydrogen-bond acceptors (Lipinski definition) is 31. The lowest BCUT2D eigenvalue weighted by atomic mass is 10.0. The zero-order valence-corrected chi connectivity index (χ0v) is 87.5. The first-order valence-corrected chi connectivity index (χ1v) is 52.6. The number of nitrogens with one attached hydrogen (secondary N) is 8. The molecule has 0 saturated carbocycles. The first-order chi connectivity index (χ1) is 65.1. The number of aliphatic hydroxyl groups excluding tert-OH is 2. The third-order valence-electron chi connectivity index (χ3n) is 25.6. The van der Waals surface area contributed by atoms with Crippen LogP contribution >= 0.6 is 45.3 Å². The predicted molar refractivity (Wildman–Crippen MR) is 539 cm³/mol. The molecule has 6 saturated heterocycles. The number of amides is 8. The van der Waals surface area contributed by atoms with E-state index in [2.05, 4.69) is 138 Å². The van der Waals surface area contributed by atoms with Gasteiger partial charge in [-0.25, -0.2) is 57.1 Å². The molecule has 0 radical (unpaired) electrons. The van der Waals surface area contributed by atoms with Gasteiger partial charge in [0, 0.05) is 127 Å². The smallest absolute Gasteiger partial charge is 0.280 e. The molecule has 139 heavy (non-hydrogen) atoms. The number of carbonyl (C=O) groups is 8. The minimum absolute atomic E-state index is 0.00395. The van der Waals surface area contributed by atoms with E-state index in [0.717, 1.165) is 153 Å². The first-order valence-electron chi connectivity index (χ1n) is 47.6. The number of nitrogens with zero attached hydrogens (tertiary/aromatic N) is 12. The Morgan fingerprint density at radius 1 is 0.504 bits per heavy atom. The Balaban J connectivity index is 0.000000177. The van der Waals surface area contributed by atoms with Gasteiger partial charge in [0.2, 0.25) is 0 Å². The number of ether oxygens (including phenoxy) is 1. The van der Waals surface area contributed by atoms with E-state index in [-0.39, 0.29) is 128 Å². The molecule has 6 aliphatic heterocycles. The minimum Gasteiger partial charge on any atom is -0.388 e. The maximum Gasteiger partial charge on any atom is 0.280 e. The number of thiazole rings is 4. The monoisotopic (exact) mass is 2020 g/mol. The molecule has 758 valence electrons. The SMILES string of the molecule is CC[C@@H](C)Nc1cc(C)c(-c2sc(C(=O)NC3CS(=O)(=O)C3)nc2C(=O)N2CCC[C@@H]2C)cn1.CC[C@@H](C)Nc1cc(C)c(-c2sc(C(=O)N[C@H](C)C(C)(C)O)nc2C(=O)N2CC(F)(F)C[C@@H]2C)cn1.CC[C@@H](C)Nc1cc(C)c(-c2sc(C(=O)N[C@H]3COC[C@@H]3O)nc2C(=O)N2CCC[C@@H]2C)cn1.Cc1cc(NC(C)(C)C)ncc1-c1sc(C(=O)NC[C@H](O)C(C)(C)O)nc1C(=O)N1CCC[C@@H]1C. The molecule has 0 aliphatic carbocycles. The summed E-state index contributed by atoms with van der Waals surface area (Å²) in [7, 11) is -3.06. The summed E-state index contributed by atoms with van der Waals surface area (Å²) in [5, 5.41) is 64.8. The summed E-state index contributed by atoms with van der Waals surface area (Å²) in [5.41, 5.74) is 4.46. The molecule has 14 heterocycles. The zero-order chi connectivity index (χ0) is 102. The Labute approximate surface area is 828 Å². The van der Waals surface area contributed by atoms with Gasteiger partial charge in [-0.3, -0.25) is 38.4 Å². The number of aryl methyl sites for hydroxylation is 4. The Hall–Kier alpha value is -10.3. The number of aliphatic hydroxyl groups is 4. The first kappa shape index (κ1) is 109. The van der Waals surface area contributed by atoms with Crippen molar-refractivity contribution in [2.24, 2.45) is 0 Å². The fourth-order valence-electron chi connectivity index (χ4n) is 16.2. The van der Waals surface area contributed by atoms with Crippen LogP contribution in [0.4, 0.5) is 32.1 Å². The van der Waals surface area contributed by atoms with Crippen LogP contribution in [0.15, 0.2) is 49.1 Å². The largest absolute Gasteiger partial charge is 0.388 e.